The number of hydrogen-bond acceptors (Lipinski definition) is 4. The lowest BCUT2D eigenvalue weighted by atomic mass is 10.1. The highest BCUT2D eigenvalue weighted by Gasteiger charge is 2.07. The third-order valence-corrected chi connectivity index (χ3v) is 4.41. The van der Waals surface area contributed by atoms with Gasteiger partial charge in [-0.25, -0.2) is 8.42 Å². The van der Waals surface area contributed by atoms with Crippen LogP contribution in [-0.2, 0) is 15.5 Å². The van der Waals surface area contributed by atoms with E-state index in [1.807, 2.05) is 25.1 Å². The molecule has 0 aliphatic rings. The molecule has 0 unspecified atom stereocenters. The molecule has 86 valence electrons. The van der Waals surface area contributed by atoms with Crippen LogP contribution in [-0.4, -0.2) is 18.5 Å². The Bertz CT molecular complexity index is 619. The minimum Gasteiger partial charge on any atom is -0.212 e. The van der Waals surface area contributed by atoms with Crippen LogP contribution in [0.15, 0.2) is 18.2 Å². The van der Waals surface area contributed by atoms with Crippen LogP contribution in [0.4, 0.5) is 0 Å². The van der Waals surface area contributed by atoms with Gasteiger partial charge in [0.05, 0.1) is 16.1 Å². The first-order valence-electron chi connectivity index (χ1n) is 4.73. The van der Waals surface area contributed by atoms with Gasteiger partial charge in [-0.15, -0.1) is 0 Å². The van der Waals surface area contributed by atoms with E-state index in [2.05, 4.69) is 4.37 Å². The Balaban J connectivity index is 2.26. The molecule has 1 aromatic heterocycles. The van der Waals surface area contributed by atoms with Crippen molar-refractivity contribution in [1.29, 1.82) is 0 Å². The first kappa shape index (κ1) is 11.8. The molecule has 1 aromatic carbocycles. The number of fused-ring (bicyclic) bond motifs is 1. The number of benzene rings is 1. The van der Waals surface area contributed by atoms with Crippen molar-refractivity contribution in [2.24, 2.45) is 0 Å². The summed E-state index contributed by atoms with van der Waals surface area (Å²) < 4.78 is 27.0. The van der Waals surface area contributed by atoms with Crippen LogP contribution in [0.1, 0.15) is 11.3 Å². The monoisotopic (exact) mass is 275 g/mol. The first-order valence-corrected chi connectivity index (χ1v) is 7.98. The summed E-state index contributed by atoms with van der Waals surface area (Å²) in [4.78, 5) is 0. The molecule has 16 heavy (non-hydrogen) atoms. The van der Waals surface area contributed by atoms with E-state index >= 15 is 0 Å². The highest BCUT2D eigenvalue weighted by molar-refractivity contribution is 8.13. The molecule has 3 nitrogen and oxygen atoms in total. The molecule has 0 bridgehead atoms. The van der Waals surface area contributed by atoms with Crippen LogP contribution in [0, 0.1) is 6.92 Å². The number of nitrogens with zero attached hydrogens (tertiary/aromatic N) is 1. The second-order valence-electron chi connectivity index (χ2n) is 3.59. The quantitative estimate of drug-likeness (QED) is 0.809. The van der Waals surface area contributed by atoms with Crippen LogP contribution in [0.5, 0.6) is 0 Å². The lowest BCUT2D eigenvalue weighted by molar-refractivity contribution is 0.609. The van der Waals surface area contributed by atoms with E-state index < -0.39 is 9.05 Å². The van der Waals surface area contributed by atoms with Crippen molar-refractivity contribution < 1.29 is 8.42 Å². The van der Waals surface area contributed by atoms with Gasteiger partial charge in [0.25, 0.3) is 0 Å². The van der Waals surface area contributed by atoms with E-state index in [0.29, 0.717) is 6.42 Å². The number of aryl methyl sites for hydroxylation is 2. The molecule has 6 heteroatoms. The SMILES string of the molecule is Cc1nsc2cc(CCS(=O)(=O)Cl)ccc12. The summed E-state index contributed by atoms with van der Waals surface area (Å²) in [5, 5.41) is 1.13. The Labute approximate surface area is 103 Å². The standard InChI is InChI=1S/C10H10ClNO2S2/c1-7-9-3-2-8(4-5-16(11,13)14)6-10(9)15-12-7/h2-3,6H,4-5H2,1H3. The molecule has 2 aromatic rings. The molecule has 0 aliphatic heterocycles. The molecule has 0 atom stereocenters. The Morgan fingerprint density at radius 1 is 1.44 bits per heavy atom. The Hall–Kier alpha value is -0.650. The third-order valence-electron chi connectivity index (χ3n) is 2.35. The van der Waals surface area contributed by atoms with Crippen molar-refractivity contribution in [1.82, 2.24) is 4.37 Å². The number of halogens is 1. The van der Waals surface area contributed by atoms with Gasteiger partial charge in [-0.05, 0) is 36.5 Å². The van der Waals surface area contributed by atoms with Gasteiger partial charge in [-0.3, -0.25) is 0 Å². The average molecular weight is 276 g/mol. The second-order valence-corrected chi connectivity index (χ2v) is 7.29. The minimum absolute atomic E-state index is 0.0299. The van der Waals surface area contributed by atoms with Gasteiger partial charge in [0, 0.05) is 16.1 Å². The van der Waals surface area contributed by atoms with Gasteiger partial charge < -0.3 is 0 Å². The molecule has 0 spiro atoms. The molecule has 0 aliphatic carbocycles. The van der Waals surface area contributed by atoms with E-state index in [4.69, 9.17) is 10.7 Å². The van der Waals surface area contributed by atoms with Crippen molar-refractivity contribution in [3.05, 3.63) is 29.5 Å². The maximum atomic E-state index is 10.8. The molecule has 1 heterocycles. The van der Waals surface area contributed by atoms with Gasteiger partial charge in [0.1, 0.15) is 0 Å². The normalized spacial score (nSPS) is 12.1. The summed E-state index contributed by atoms with van der Waals surface area (Å²) in [6.07, 6.45) is 0.443. The maximum absolute atomic E-state index is 10.8. The summed E-state index contributed by atoms with van der Waals surface area (Å²) in [5.74, 6) is -0.0299. The number of rotatable bonds is 3. The van der Waals surface area contributed by atoms with Gasteiger partial charge in [0.15, 0.2) is 0 Å². The summed E-state index contributed by atoms with van der Waals surface area (Å²) in [5.41, 5.74) is 1.98. The van der Waals surface area contributed by atoms with Crippen LogP contribution in [0.2, 0.25) is 0 Å². The summed E-state index contributed by atoms with van der Waals surface area (Å²) in [6.45, 7) is 1.96. The fourth-order valence-electron chi connectivity index (χ4n) is 1.50. The molecule has 0 saturated heterocycles. The van der Waals surface area contributed by atoms with Crippen molar-refractivity contribution >= 4 is 41.4 Å². The van der Waals surface area contributed by atoms with E-state index in [9.17, 15) is 8.42 Å². The van der Waals surface area contributed by atoms with Crippen LogP contribution < -0.4 is 0 Å². The summed E-state index contributed by atoms with van der Waals surface area (Å²) >= 11 is 1.43. The lowest BCUT2D eigenvalue weighted by Gasteiger charge is -1.99. The van der Waals surface area contributed by atoms with E-state index in [1.165, 1.54) is 11.5 Å². The molecule has 0 radical (unpaired) electrons. The van der Waals surface area contributed by atoms with Crippen LogP contribution in [0.3, 0.4) is 0 Å². The van der Waals surface area contributed by atoms with E-state index in [1.54, 1.807) is 0 Å². The molecule has 0 N–H and O–H groups in total. The smallest absolute Gasteiger partial charge is 0.212 e. The Kier molecular flexibility index (Phi) is 3.19. The molecule has 0 saturated carbocycles. The van der Waals surface area contributed by atoms with E-state index in [0.717, 1.165) is 21.3 Å². The van der Waals surface area contributed by atoms with Gasteiger partial charge in [0.2, 0.25) is 9.05 Å². The summed E-state index contributed by atoms with van der Waals surface area (Å²) in [6, 6.07) is 5.87. The van der Waals surface area contributed by atoms with Gasteiger partial charge >= 0.3 is 0 Å². The largest absolute Gasteiger partial charge is 0.232 e. The fourth-order valence-corrected chi connectivity index (χ4v) is 3.07. The van der Waals surface area contributed by atoms with Crippen molar-refractivity contribution in [2.45, 2.75) is 13.3 Å². The number of hydrogen-bond donors (Lipinski definition) is 0. The minimum atomic E-state index is -3.41. The fraction of sp³-hybridized carbons (Fsp3) is 0.300. The Morgan fingerprint density at radius 2 is 2.19 bits per heavy atom. The zero-order chi connectivity index (χ0) is 11.8. The van der Waals surface area contributed by atoms with E-state index in [-0.39, 0.29) is 5.75 Å². The van der Waals surface area contributed by atoms with Crippen molar-refractivity contribution in [2.75, 3.05) is 5.75 Å². The topological polar surface area (TPSA) is 47.0 Å². The van der Waals surface area contributed by atoms with Gasteiger partial charge in [-0.1, -0.05) is 12.1 Å². The predicted octanol–water partition coefficient (Wildman–Crippen LogP) is 2.72. The maximum Gasteiger partial charge on any atom is 0.232 e. The zero-order valence-electron chi connectivity index (χ0n) is 8.60. The van der Waals surface area contributed by atoms with Crippen LogP contribution >= 0.6 is 22.2 Å². The van der Waals surface area contributed by atoms with Crippen molar-refractivity contribution in [3.8, 4) is 0 Å². The molecular weight excluding hydrogens is 266 g/mol. The first-order chi connectivity index (χ1) is 7.46. The highest BCUT2D eigenvalue weighted by Crippen LogP contribution is 2.23. The average Bonchev–Trinajstić information content (AvgIpc) is 2.56. The van der Waals surface area contributed by atoms with Gasteiger partial charge in [-0.2, -0.15) is 4.37 Å². The predicted molar refractivity (Wildman–Crippen MR) is 67.7 cm³/mol. The molecule has 0 amide bonds. The molecule has 0 fully saturated rings. The zero-order valence-corrected chi connectivity index (χ0v) is 11.0. The second kappa shape index (κ2) is 4.31. The third kappa shape index (κ3) is 2.72. The lowest BCUT2D eigenvalue weighted by Crippen LogP contribution is -2.00. The molecule has 2 rings (SSSR count). The van der Waals surface area contributed by atoms with Crippen molar-refractivity contribution in [3.63, 3.8) is 0 Å². The molecular formula is C10H10ClNO2S2. The summed E-state index contributed by atoms with van der Waals surface area (Å²) in [7, 11) is 1.76. The highest BCUT2D eigenvalue weighted by atomic mass is 35.7. The number of aromatic nitrogens is 1. The Morgan fingerprint density at radius 3 is 2.88 bits per heavy atom. The van der Waals surface area contributed by atoms with Crippen LogP contribution in [0.25, 0.3) is 10.1 Å².